The summed E-state index contributed by atoms with van der Waals surface area (Å²) in [5.74, 6) is 0. The highest BCUT2D eigenvalue weighted by Crippen LogP contribution is 2.45. The molecule has 0 aliphatic rings. The van der Waals surface area contributed by atoms with Gasteiger partial charge in [0.1, 0.15) is 11.2 Å². The Morgan fingerprint density at radius 1 is 0.275 bits per heavy atom. The fourth-order valence-corrected chi connectivity index (χ4v) is 11.1. The minimum atomic E-state index is 0.894. The van der Waals surface area contributed by atoms with Crippen molar-refractivity contribution < 1.29 is 4.42 Å². The van der Waals surface area contributed by atoms with Crippen LogP contribution in [0.2, 0.25) is 0 Å². The number of aromatic nitrogens is 1. The van der Waals surface area contributed by atoms with Crippen molar-refractivity contribution in [1.29, 1.82) is 0 Å². The number of para-hydroxylation sites is 5. The molecule has 3 nitrogen and oxygen atoms in total. The summed E-state index contributed by atoms with van der Waals surface area (Å²) >= 11 is 0. The molecule has 0 fully saturated rings. The molecular weight excluding hydrogens is 837 g/mol. The number of hydrogen-bond donors (Lipinski definition) is 0. The van der Waals surface area contributed by atoms with Crippen LogP contribution in [-0.4, -0.2) is 4.57 Å². The largest absolute Gasteiger partial charge is 0.455 e. The number of fused-ring (bicyclic) bond motifs is 12. The Labute approximate surface area is 399 Å². The molecule has 14 aromatic rings. The Hall–Kier alpha value is -9.18. The SMILES string of the molecule is c1cc(-c2cccc3c2oc2ccccc23)cc(N(c2ccc(-c3ccccc3-c3ccccc3-n3c4ccccc4c4ccccc43)cc2)c2ccc3c4ccccc4c4ccccc4c3c2)c1. The molecular formula is C66H42N2O. The van der Waals surface area contributed by atoms with Gasteiger partial charge in [0.15, 0.2) is 0 Å². The average Bonchev–Trinajstić information content (AvgIpc) is 3.97. The van der Waals surface area contributed by atoms with Gasteiger partial charge in [0.25, 0.3) is 0 Å². The summed E-state index contributed by atoms with van der Waals surface area (Å²) in [6.45, 7) is 0. The van der Waals surface area contributed by atoms with Crippen molar-refractivity contribution in [2.24, 2.45) is 0 Å². The van der Waals surface area contributed by atoms with Gasteiger partial charge in [-0.2, -0.15) is 0 Å². The van der Waals surface area contributed by atoms with Gasteiger partial charge in [0.05, 0.1) is 16.7 Å². The minimum Gasteiger partial charge on any atom is -0.455 e. The van der Waals surface area contributed by atoms with E-state index in [2.05, 4.69) is 258 Å². The highest BCUT2D eigenvalue weighted by atomic mass is 16.3. The van der Waals surface area contributed by atoms with Crippen molar-refractivity contribution in [1.82, 2.24) is 4.57 Å². The number of anilines is 3. The van der Waals surface area contributed by atoms with Gasteiger partial charge in [0.2, 0.25) is 0 Å². The molecule has 0 spiro atoms. The van der Waals surface area contributed by atoms with E-state index in [0.717, 1.165) is 61.4 Å². The summed E-state index contributed by atoms with van der Waals surface area (Å²) in [4.78, 5) is 2.40. The second-order valence-corrected chi connectivity index (χ2v) is 18.0. The first-order chi connectivity index (χ1) is 34.2. The van der Waals surface area contributed by atoms with E-state index in [1.165, 1.54) is 70.8 Å². The van der Waals surface area contributed by atoms with E-state index in [1.54, 1.807) is 0 Å². The van der Waals surface area contributed by atoms with Crippen LogP contribution in [0.5, 0.6) is 0 Å². The fourth-order valence-electron chi connectivity index (χ4n) is 11.1. The Morgan fingerprint density at radius 2 is 0.768 bits per heavy atom. The van der Waals surface area contributed by atoms with Crippen molar-refractivity contribution in [3.05, 3.63) is 255 Å². The van der Waals surface area contributed by atoms with E-state index in [1.807, 2.05) is 6.07 Å². The zero-order chi connectivity index (χ0) is 45.4. The zero-order valence-corrected chi connectivity index (χ0v) is 37.6. The molecule has 0 saturated heterocycles. The van der Waals surface area contributed by atoms with Crippen molar-refractivity contribution in [3.63, 3.8) is 0 Å². The van der Waals surface area contributed by atoms with Crippen molar-refractivity contribution >= 4 is 93.1 Å². The Morgan fingerprint density at radius 3 is 1.48 bits per heavy atom. The van der Waals surface area contributed by atoms with Crippen LogP contribution < -0.4 is 4.90 Å². The Kier molecular flexibility index (Phi) is 8.90. The van der Waals surface area contributed by atoms with Gasteiger partial charge in [-0.05, 0) is 115 Å². The van der Waals surface area contributed by atoms with Crippen LogP contribution >= 0.6 is 0 Å². The van der Waals surface area contributed by atoms with Crippen molar-refractivity contribution in [3.8, 4) is 39.1 Å². The zero-order valence-electron chi connectivity index (χ0n) is 37.6. The number of furan rings is 1. The number of benzene rings is 12. The molecule has 0 saturated carbocycles. The molecule has 2 heterocycles. The van der Waals surface area contributed by atoms with Gasteiger partial charge >= 0.3 is 0 Å². The minimum absolute atomic E-state index is 0.894. The van der Waals surface area contributed by atoms with Crippen molar-refractivity contribution in [2.75, 3.05) is 4.90 Å². The molecule has 0 radical (unpaired) electrons. The van der Waals surface area contributed by atoms with Gasteiger partial charge < -0.3 is 13.9 Å². The fraction of sp³-hybridized carbons (Fsp3) is 0. The second-order valence-electron chi connectivity index (χ2n) is 18.0. The first kappa shape index (κ1) is 39.0. The summed E-state index contributed by atoms with van der Waals surface area (Å²) < 4.78 is 9.01. The lowest BCUT2D eigenvalue weighted by molar-refractivity contribution is 0.670. The predicted molar refractivity (Wildman–Crippen MR) is 292 cm³/mol. The maximum atomic E-state index is 6.58. The summed E-state index contributed by atoms with van der Waals surface area (Å²) in [7, 11) is 0. The van der Waals surface area contributed by atoms with Gasteiger partial charge in [-0.3, -0.25) is 0 Å². The second kappa shape index (κ2) is 15.7. The molecule has 12 aromatic carbocycles. The molecule has 0 amide bonds. The molecule has 322 valence electrons. The van der Waals surface area contributed by atoms with Gasteiger partial charge in [-0.25, -0.2) is 0 Å². The molecule has 2 aromatic heterocycles. The number of nitrogens with zero attached hydrogens (tertiary/aromatic N) is 2. The molecule has 0 N–H and O–H groups in total. The molecule has 0 aliphatic heterocycles. The Balaban J connectivity index is 0.933. The summed E-state index contributed by atoms with van der Waals surface area (Å²) in [5.41, 5.74) is 15.4. The van der Waals surface area contributed by atoms with E-state index in [9.17, 15) is 0 Å². The van der Waals surface area contributed by atoms with Gasteiger partial charge in [0, 0.05) is 49.7 Å². The smallest absolute Gasteiger partial charge is 0.143 e. The van der Waals surface area contributed by atoms with Crippen LogP contribution in [0.4, 0.5) is 17.1 Å². The van der Waals surface area contributed by atoms with E-state index in [0.29, 0.717) is 0 Å². The van der Waals surface area contributed by atoms with Crippen LogP contribution in [0, 0.1) is 0 Å². The number of hydrogen-bond acceptors (Lipinski definition) is 2. The quantitative estimate of drug-likeness (QED) is 0.149. The average molecular weight is 879 g/mol. The third-order valence-corrected chi connectivity index (χ3v) is 14.2. The first-order valence-corrected chi connectivity index (χ1v) is 23.7. The van der Waals surface area contributed by atoms with E-state index >= 15 is 0 Å². The summed E-state index contributed by atoms with van der Waals surface area (Å²) in [5, 5.41) is 12.2. The van der Waals surface area contributed by atoms with E-state index in [-0.39, 0.29) is 0 Å². The molecule has 0 bridgehead atoms. The van der Waals surface area contributed by atoms with Crippen LogP contribution in [-0.2, 0) is 0 Å². The first-order valence-electron chi connectivity index (χ1n) is 23.7. The molecule has 69 heavy (non-hydrogen) atoms. The van der Waals surface area contributed by atoms with Crippen LogP contribution in [0.3, 0.4) is 0 Å². The number of rotatable bonds is 7. The van der Waals surface area contributed by atoms with Gasteiger partial charge in [-0.15, -0.1) is 0 Å². The van der Waals surface area contributed by atoms with Gasteiger partial charge in [-0.1, -0.05) is 194 Å². The lowest BCUT2D eigenvalue weighted by Crippen LogP contribution is -2.10. The third kappa shape index (κ3) is 6.21. The lowest BCUT2D eigenvalue weighted by Gasteiger charge is -2.27. The molecule has 0 atom stereocenters. The highest BCUT2D eigenvalue weighted by molar-refractivity contribution is 6.26. The highest BCUT2D eigenvalue weighted by Gasteiger charge is 2.21. The third-order valence-electron chi connectivity index (χ3n) is 14.2. The van der Waals surface area contributed by atoms with Crippen LogP contribution in [0.25, 0.3) is 115 Å². The van der Waals surface area contributed by atoms with Crippen molar-refractivity contribution in [2.45, 2.75) is 0 Å². The lowest BCUT2D eigenvalue weighted by atomic mass is 9.93. The Bertz CT molecular complexity index is 4240. The summed E-state index contributed by atoms with van der Waals surface area (Å²) in [6, 6.07) is 92.5. The molecule has 0 aliphatic carbocycles. The van der Waals surface area contributed by atoms with E-state index < -0.39 is 0 Å². The van der Waals surface area contributed by atoms with Crippen LogP contribution in [0.15, 0.2) is 259 Å². The summed E-state index contributed by atoms with van der Waals surface area (Å²) in [6.07, 6.45) is 0. The normalized spacial score (nSPS) is 11.8. The topological polar surface area (TPSA) is 21.3 Å². The predicted octanol–water partition coefficient (Wildman–Crippen LogP) is 18.6. The standard InChI is InChI=1S/C66H42N2O/c1-2-20-50(56-25-7-11-31-62(56)68-63-32-12-8-26-57(63)58-27-9-13-33-64(58)68)48(19-1)43-35-37-45(38-36-43)67(47-39-40-55-53-23-4-3-21-51(53)52-22-5-6-24-54(52)61(55)42-47)46-18-15-17-44(41-46)49-29-16-30-60-59-28-10-14-34-65(59)69-66(49)60/h1-42H. The van der Waals surface area contributed by atoms with E-state index in [4.69, 9.17) is 4.42 Å². The molecule has 3 heteroatoms. The maximum Gasteiger partial charge on any atom is 0.143 e. The van der Waals surface area contributed by atoms with Crippen LogP contribution in [0.1, 0.15) is 0 Å². The molecule has 14 rings (SSSR count). The monoisotopic (exact) mass is 878 g/mol. The molecule has 0 unspecified atom stereocenters. The maximum absolute atomic E-state index is 6.58.